The Balaban J connectivity index is 2.18. The van der Waals surface area contributed by atoms with Gasteiger partial charge in [0.15, 0.2) is 0 Å². The molecule has 0 fully saturated rings. The molecule has 0 aliphatic heterocycles. The van der Waals surface area contributed by atoms with Crippen LogP contribution in [0.25, 0.3) is 0 Å². The highest BCUT2D eigenvalue weighted by atomic mass is 16.2. The standard InChI is InChI=1S/C18H19N3O2/c1-13(2)20-21-18(23)16(14-9-5-3-6-10-14)19-17(22)15-11-7-4-8-12-15/h3-12,16,20H,1H2,2H3,(H,19,22)(H,21,23). The summed E-state index contributed by atoms with van der Waals surface area (Å²) in [5.74, 6) is -0.687. The Morgan fingerprint density at radius 3 is 2.04 bits per heavy atom. The summed E-state index contributed by atoms with van der Waals surface area (Å²) in [6, 6.07) is 17.0. The van der Waals surface area contributed by atoms with Crippen LogP contribution in [-0.2, 0) is 4.79 Å². The van der Waals surface area contributed by atoms with Crippen molar-refractivity contribution in [3.05, 3.63) is 84.1 Å². The third-order valence-electron chi connectivity index (χ3n) is 3.11. The molecule has 2 rings (SSSR count). The number of hydrazine groups is 1. The van der Waals surface area contributed by atoms with Crippen molar-refractivity contribution in [2.75, 3.05) is 0 Å². The van der Waals surface area contributed by atoms with Crippen molar-refractivity contribution < 1.29 is 9.59 Å². The van der Waals surface area contributed by atoms with Gasteiger partial charge in [0.25, 0.3) is 11.8 Å². The lowest BCUT2D eigenvalue weighted by Crippen LogP contribution is -2.45. The smallest absolute Gasteiger partial charge is 0.265 e. The van der Waals surface area contributed by atoms with Crippen molar-refractivity contribution in [3.63, 3.8) is 0 Å². The minimum Gasteiger partial charge on any atom is -0.336 e. The molecule has 0 aliphatic rings. The molecule has 0 aliphatic carbocycles. The number of hydrogen-bond acceptors (Lipinski definition) is 3. The highest BCUT2D eigenvalue weighted by Crippen LogP contribution is 2.14. The van der Waals surface area contributed by atoms with E-state index in [1.165, 1.54) is 0 Å². The molecule has 0 radical (unpaired) electrons. The van der Waals surface area contributed by atoms with Crippen molar-refractivity contribution >= 4 is 11.8 Å². The molecule has 118 valence electrons. The number of nitrogens with one attached hydrogen (secondary N) is 3. The van der Waals surface area contributed by atoms with Gasteiger partial charge in [-0.1, -0.05) is 55.1 Å². The van der Waals surface area contributed by atoms with E-state index in [4.69, 9.17) is 0 Å². The lowest BCUT2D eigenvalue weighted by molar-refractivity contribution is -0.123. The van der Waals surface area contributed by atoms with E-state index in [9.17, 15) is 9.59 Å². The molecule has 2 amide bonds. The summed E-state index contributed by atoms with van der Waals surface area (Å²) in [5, 5.41) is 2.75. The second kappa shape index (κ2) is 7.79. The maximum atomic E-state index is 12.4. The van der Waals surface area contributed by atoms with E-state index < -0.39 is 6.04 Å². The van der Waals surface area contributed by atoms with Gasteiger partial charge in [-0.15, -0.1) is 0 Å². The van der Waals surface area contributed by atoms with Crippen LogP contribution in [-0.4, -0.2) is 11.8 Å². The molecule has 0 spiro atoms. The first-order valence-electron chi connectivity index (χ1n) is 7.20. The summed E-state index contributed by atoms with van der Waals surface area (Å²) in [6.45, 7) is 5.38. The van der Waals surface area contributed by atoms with Crippen molar-refractivity contribution in [2.24, 2.45) is 0 Å². The zero-order chi connectivity index (χ0) is 16.7. The van der Waals surface area contributed by atoms with E-state index in [1.807, 2.05) is 24.3 Å². The third-order valence-corrected chi connectivity index (χ3v) is 3.11. The van der Waals surface area contributed by atoms with Gasteiger partial charge in [0.1, 0.15) is 6.04 Å². The summed E-state index contributed by atoms with van der Waals surface area (Å²) >= 11 is 0. The Morgan fingerprint density at radius 2 is 1.48 bits per heavy atom. The first-order chi connectivity index (χ1) is 11.1. The Morgan fingerprint density at radius 1 is 0.913 bits per heavy atom. The molecule has 0 aromatic heterocycles. The molecule has 5 heteroatoms. The van der Waals surface area contributed by atoms with Crippen LogP contribution in [0.15, 0.2) is 72.9 Å². The summed E-state index contributed by atoms with van der Waals surface area (Å²) in [5.41, 5.74) is 6.98. The van der Waals surface area contributed by atoms with Gasteiger partial charge in [-0.05, 0) is 24.6 Å². The molecule has 3 N–H and O–H groups in total. The monoisotopic (exact) mass is 309 g/mol. The van der Waals surface area contributed by atoms with E-state index in [0.717, 1.165) is 0 Å². The molecule has 0 heterocycles. The highest BCUT2D eigenvalue weighted by molar-refractivity contribution is 5.97. The van der Waals surface area contributed by atoms with E-state index in [0.29, 0.717) is 16.8 Å². The Hall–Kier alpha value is -3.08. The first kappa shape index (κ1) is 16.3. The number of carbonyl (C=O) groups is 2. The molecular weight excluding hydrogens is 290 g/mol. The number of benzene rings is 2. The average Bonchev–Trinajstić information content (AvgIpc) is 2.59. The number of rotatable bonds is 6. The lowest BCUT2D eigenvalue weighted by atomic mass is 10.1. The second-order valence-electron chi connectivity index (χ2n) is 5.08. The fourth-order valence-electron chi connectivity index (χ4n) is 1.99. The van der Waals surface area contributed by atoms with E-state index in [2.05, 4.69) is 22.7 Å². The molecule has 0 saturated heterocycles. The quantitative estimate of drug-likeness (QED) is 0.717. The van der Waals surface area contributed by atoms with E-state index in [-0.39, 0.29) is 11.8 Å². The third kappa shape index (κ3) is 4.71. The van der Waals surface area contributed by atoms with Crippen molar-refractivity contribution in [1.82, 2.24) is 16.2 Å². The van der Waals surface area contributed by atoms with Crippen LogP contribution >= 0.6 is 0 Å². The number of amides is 2. The van der Waals surface area contributed by atoms with E-state index in [1.54, 1.807) is 43.3 Å². The van der Waals surface area contributed by atoms with Crippen LogP contribution in [0.1, 0.15) is 28.9 Å². The largest absolute Gasteiger partial charge is 0.336 e. The summed E-state index contributed by atoms with van der Waals surface area (Å²) in [4.78, 5) is 24.7. The summed E-state index contributed by atoms with van der Waals surface area (Å²) in [7, 11) is 0. The van der Waals surface area contributed by atoms with Crippen LogP contribution in [0, 0.1) is 0 Å². The zero-order valence-electron chi connectivity index (χ0n) is 12.9. The van der Waals surface area contributed by atoms with Gasteiger partial charge in [0, 0.05) is 11.3 Å². The normalized spacial score (nSPS) is 11.2. The number of carbonyl (C=O) groups excluding carboxylic acids is 2. The fraction of sp³-hybridized carbons (Fsp3) is 0.111. The van der Waals surface area contributed by atoms with Gasteiger partial charge >= 0.3 is 0 Å². The van der Waals surface area contributed by atoms with Crippen LogP contribution in [0.5, 0.6) is 0 Å². The van der Waals surface area contributed by atoms with Crippen LogP contribution < -0.4 is 16.2 Å². The molecule has 5 nitrogen and oxygen atoms in total. The van der Waals surface area contributed by atoms with Gasteiger partial charge in [-0.3, -0.25) is 15.0 Å². The average molecular weight is 309 g/mol. The number of allylic oxidation sites excluding steroid dienone is 1. The lowest BCUT2D eigenvalue weighted by Gasteiger charge is -2.19. The molecule has 2 aromatic carbocycles. The van der Waals surface area contributed by atoms with Crippen molar-refractivity contribution in [3.8, 4) is 0 Å². The molecular formula is C18H19N3O2. The summed E-state index contributed by atoms with van der Waals surface area (Å²) in [6.07, 6.45) is 0. The second-order valence-corrected chi connectivity index (χ2v) is 5.08. The SMILES string of the molecule is C=C(C)NNC(=O)C(NC(=O)c1ccccc1)c1ccccc1. The maximum absolute atomic E-state index is 12.4. The van der Waals surface area contributed by atoms with Gasteiger partial charge < -0.3 is 10.7 Å². The molecule has 0 bridgehead atoms. The van der Waals surface area contributed by atoms with Gasteiger partial charge in [-0.2, -0.15) is 0 Å². The Labute approximate surface area is 135 Å². The molecule has 23 heavy (non-hydrogen) atoms. The highest BCUT2D eigenvalue weighted by Gasteiger charge is 2.23. The Bertz CT molecular complexity index is 684. The maximum Gasteiger partial charge on any atom is 0.265 e. The first-order valence-corrected chi connectivity index (χ1v) is 7.20. The van der Waals surface area contributed by atoms with Crippen molar-refractivity contribution in [1.29, 1.82) is 0 Å². The van der Waals surface area contributed by atoms with Crippen LogP contribution in [0.3, 0.4) is 0 Å². The van der Waals surface area contributed by atoms with Crippen molar-refractivity contribution in [2.45, 2.75) is 13.0 Å². The molecule has 1 atom stereocenters. The van der Waals surface area contributed by atoms with E-state index >= 15 is 0 Å². The number of hydrogen-bond donors (Lipinski definition) is 3. The zero-order valence-corrected chi connectivity index (χ0v) is 12.9. The van der Waals surface area contributed by atoms with Crippen LogP contribution in [0.4, 0.5) is 0 Å². The van der Waals surface area contributed by atoms with Gasteiger partial charge in [0.2, 0.25) is 0 Å². The molecule has 0 saturated carbocycles. The predicted octanol–water partition coefficient (Wildman–Crippen LogP) is 2.31. The minimum absolute atomic E-state index is 0.315. The molecule has 2 aromatic rings. The summed E-state index contributed by atoms with van der Waals surface area (Å²) < 4.78 is 0. The fourth-order valence-corrected chi connectivity index (χ4v) is 1.99. The van der Waals surface area contributed by atoms with Gasteiger partial charge in [-0.25, -0.2) is 0 Å². The predicted molar refractivity (Wildman–Crippen MR) is 89.2 cm³/mol. The molecule has 1 unspecified atom stereocenters. The topological polar surface area (TPSA) is 70.2 Å². The van der Waals surface area contributed by atoms with Gasteiger partial charge in [0.05, 0.1) is 0 Å². The minimum atomic E-state index is -0.809. The Kier molecular flexibility index (Phi) is 5.52. The van der Waals surface area contributed by atoms with Crippen LogP contribution in [0.2, 0.25) is 0 Å².